The molecule has 174 valence electrons. The van der Waals surface area contributed by atoms with Gasteiger partial charge in [-0.05, 0) is 19.1 Å². The summed E-state index contributed by atoms with van der Waals surface area (Å²) in [6.07, 6.45) is -1.44. The molecule has 0 bridgehead atoms. The molecule has 0 radical (unpaired) electrons. The Balaban J connectivity index is 1.66. The maximum absolute atomic E-state index is 11.8. The zero-order chi connectivity index (χ0) is 23.2. The van der Waals surface area contributed by atoms with Crippen molar-refractivity contribution in [2.75, 3.05) is 6.61 Å². The molecule has 18 heteroatoms. The number of hydrogen-bond acceptors (Lipinski definition) is 10. The van der Waals surface area contributed by atoms with E-state index in [-0.39, 0.29) is 6.42 Å². The van der Waals surface area contributed by atoms with Crippen LogP contribution in [-0.4, -0.2) is 48.1 Å². The third-order valence-corrected chi connectivity index (χ3v) is 8.30. The molecule has 0 spiro atoms. The lowest BCUT2D eigenvalue weighted by Gasteiger charge is -2.19. The van der Waals surface area contributed by atoms with E-state index < -0.39 is 48.5 Å². The molecule has 2 aromatic heterocycles. The Kier molecular flexibility index (Phi) is 7.13. The zero-order valence-electron chi connectivity index (χ0n) is 15.6. The third-order valence-electron chi connectivity index (χ3n) is 4.07. The smallest absolute Gasteiger partial charge is 0.461 e. The summed E-state index contributed by atoms with van der Waals surface area (Å²) in [5.41, 5.74) is 0.571. The lowest BCUT2D eigenvalue weighted by molar-refractivity contribution is -0.0438. The van der Waals surface area contributed by atoms with Gasteiger partial charge in [0, 0.05) is 12.6 Å². The number of aromatic nitrogens is 1. The molecule has 0 amide bonds. The average molecular weight is 521 g/mol. The number of hydrogen-bond donors (Lipinski definition) is 5. The molecule has 14 nitrogen and oxygen atoms in total. The van der Waals surface area contributed by atoms with E-state index in [1.807, 2.05) is 0 Å². The van der Waals surface area contributed by atoms with Crippen LogP contribution in [0.1, 0.15) is 18.4 Å². The van der Waals surface area contributed by atoms with Crippen molar-refractivity contribution in [3.05, 3.63) is 28.7 Å². The molecule has 1 fully saturated rings. The number of phosphoric acid groups is 3. The second kappa shape index (κ2) is 8.88. The van der Waals surface area contributed by atoms with Crippen molar-refractivity contribution in [2.24, 2.45) is 0 Å². The number of fused-ring (bicyclic) bond motifs is 1. The fourth-order valence-corrected chi connectivity index (χ4v) is 6.28. The van der Waals surface area contributed by atoms with E-state index in [1.165, 1.54) is 0 Å². The maximum Gasteiger partial charge on any atom is 0.490 e. The Morgan fingerprint density at radius 2 is 1.87 bits per heavy atom. The van der Waals surface area contributed by atoms with E-state index in [4.69, 9.17) is 36.1 Å². The summed E-state index contributed by atoms with van der Waals surface area (Å²) in [5, 5.41) is 10.9. The molecular formula is C13H18NO13P3S. The molecule has 1 saturated heterocycles. The Morgan fingerprint density at radius 3 is 2.52 bits per heavy atom. The van der Waals surface area contributed by atoms with E-state index in [9.17, 15) is 23.7 Å². The van der Waals surface area contributed by atoms with Crippen molar-refractivity contribution >= 4 is 46.7 Å². The fourth-order valence-electron chi connectivity index (χ4n) is 2.91. The van der Waals surface area contributed by atoms with Gasteiger partial charge in [-0.25, -0.2) is 13.7 Å². The van der Waals surface area contributed by atoms with Crippen molar-refractivity contribution in [3.63, 3.8) is 0 Å². The van der Waals surface area contributed by atoms with Crippen LogP contribution in [0.5, 0.6) is 0 Å². The minimum absolute atomic E-state index is 0.0427. The highest BCUT2D eigenvalue weighted by atomic mass is 32.1. The number of furan rings is 1. The summed E-state index contributed by atoms with van der Waals surface area (Å²) in [4.78, 5) is 35.7. The number of ether oxygens (including phenoxy) is 1. The highest BCUT2D eigenvalue weighted by molar-refractivity contribution is 7.71. The molecule has 0 saturated carbocycles. The van der Waals surface area contributed by atoms with Crippen LogP contribution in [0.2, 0.25) is 0 Å². The van der Waals surface area contributed by atoms with Crippen molar-refractivity contribution in [1.29, 1.82) is 0 Å². The minimum atomic E-state index is -5.63. The van der Waals surface area contributed by atoms with Crippen LogP contribution in [-0.2, 0) is 31.6 Å². The van der Waals surface area contributed by atoms with Gasteiger partial charge in [-0.2, -0.15) is 8.62 Å². The van der Waals surface area contributed by atoms with E-state index in [1.54, 1.807) is 29.8 Å². The summed E-state index contributed by atoms with van der Waals surface area (Å²) in [6, 6.07) is 3.40. The molecule has 31 heavy (non-hydrogen) atoms. The van der Waals surface area contributed by atoms with Crippen LogP contribution < -0.4 is 0 Å². The van der Waals surface area contributed by atoms with Crippen molar-refractivity contribution in [3.8, 4) is 0 Å². The van der Waals surface area contributed by atoms with E-state index in [2.05, 4.69) is 13.1 Å². The second-order valence-electron chi connectivity index (χ2n) is 6.48. The Hall–Kier alpha value is -0.760. The van der Waals surface area contributed by atoms with Crippen LogP contribution in [0, 0.1) is 11.6 Å². The number of aliphatic hydroxyl groups excluding tert-OH is 1. The Bertz CT molecular complexity index is 1170. The van der Waals surface area contributed by atoms with Crippen molar-refractivity contribution in [2.45, 2.75) is 31.8 Å². The molecule has 5 atom stereocenters. The van der Waals surface area contributed by atoms with E-state index in [0.717, 1.165) is 0 Å². The molecule has 5 N–H and O–H groups in total. The summed E-state index contributed by atoms with van der Waals surface area (Å²) >= 11 is 5.42. The first kappa shape index (κ1) is 24.9. The summed E-state index contributed by atoms with van der Waals surface area (Å²) in [6.45, 7) is 0.996. The number of rotatable bonds is 8. The Labute approximate surface area is 179 Å². The second-order valence-corrected chi connectivity index (χ2v) is 11.3. The van der Waals surface area contributed by atoms with E-state index in [0.29, 0.717) is 21.4 Å². The van der Waals surface area contributed by atoms with Gasteiger partial charge in [-0.3, -0.25) is 4.52 Å². The monoisotopic (exact) mass is 521 g/mol. The molecule has 2 aromatic rings. The molecule has 1 aliphatic rings. The topological polar surface area (TPSA) is 207 Å². The van der Waals surface area contributed by atoms with E-state index >= 15 is 0 Å². The first-order chi connectivity index (χ1) is 14.2. The Morgan fingerprint density at radius 1 is 1.19 bits per heavy atom. The average Bonchev–Trinajstić information content (AvgIpc) is 3.12. The van der Waals surface area contributed by atoms with Gasteiger partial charge in [0.1, 0.15) is 28.3 Å². The van der Waals surface area contributed by atoms with Crippen molar-refractivity contribution < 1.29 is 60.7 Å². The van der Waals surface area contributed by atoms with Gasteiger partial charge in [0.15, 0.2) is 0 Å². The molecule has 3 rings (SSSR count). The fraction of sp³-hybridized carbons (Fsp3) is 0.462. The minimum Gasteiger partial charge on any atom is -0.461 e. The molecular weight excluding hydrogens is 503 g/mol. The number of pyridine rings is 1. The quantitative estimate of drug-likeness (QED) is 0.249. The lowest BCUT2D eigenvalue weighted by atomic mass is 10.2. The highest BCUT2D eigenvalue weighted by Crippen LogP contribution is 2.66. The molecule has 2 unspecified atom stereocenters. The van der Waals surface area contributed by atoms with Crippen LogP contribution in [0.25, 0.3) is 11.0 Å². The molecule has 0 aromatic carbocycles. The summed E-state index contributed by atoms with van der Waals surface area (Å²) < 4.78 is 58.6. The number of aliphatic hydroxyl groups is 1. The summed E-state index contributed by atoms with van der Waals surface area (Å²) in [7, 11) is -16.4. The molecule has 1 aliphatic heterocycles. The molecule has 3 heterocycles. The number of aryl methyl sites for hydroxylation is 1. The van der Waals surface area contributed by atoms with Crippen LogP contribution in [0.15, 0.2) is 22.7 Å². The number of nitrogens with zero attached hydrogens (tertiary/aromatic N) is 1. The van der Waals surface area contributed by atoms with Crippen LogP contribution in [0.3, 0.4) is 0 Å². The van der Waals surface area contributed by atoms with Crippen LogP contribution >= 0.6 is 35.7 Å². The van der Waals surface area contributed by atoms with Gasteiger partial charge in [0.05, 0.1) is 18.1 Å². The normalized spacial score (nSPS) is 26.1. The first-order valence-electron chi connectivity index (χ1n) is 8.39. The predicted molar refractivity (Wildman–Crippen MR) is 104 cm³/mol. The SMILES string of the molecule is Cc1cc2c(=S)n([C@H]3C[C@@H](O)[C@@H](COP(=O)(O)OP(=O)(O)OP(=O)(O)O)O3)ccc2o1. The van der Waals surface area contributed by atoms with Gasteiger partial charge in [0.2, 0.25) is 0 Å². The van der Waals surface area contributed by atoms with Gasteiger partial charge < -0.3 is 38.4 Å². The standard InChI is InChI=1S/C13H18NO13P3S/c1-7-4-8-10(24-7)2-3-14(13(8)31)12-5-9(15)11(25-12)6-23-29(19,20)27-30(21,22)26-28(16,17)18/h2-4,9,11-12,15H,5-6H2,1H3,(H,19,20)(H,21,22)(H2,16,17,18)/t9-,11-,12-/m1/s1. The largest absolute Gasteiger partial charge is 0.490 e. The maximum atomic E-state index is 11.8. The summed E-state index contributed by atoms with van der Waals surface area (Å²) in [5.74, 6) is 0.653. The van der Waals surface area contributed by atoms with Gasteiger partial charge in [-0.1, -0.05) is 12.2 Å². The zero-order valence-corrected chi connectivity index (χ0v) is 19.1. The third kappa shape index (κ3) is 6.40. The van der Waals surface area contributed by atoms with Gasteiger partial charge in [0.25, 0.3) is 0 Å². The number of phosphoric ester groups is 1. The van der Waals surface area contributed by atoms with Crippen molar-refractivity contribution in [1.82, 2.24) is 4.57 Å². The highest BCUT2D eigenvalue weighted by Gasteiger charge is 2.42. The lowest BCUT2D eigenvalue weighted by Crippen LogP contribution is -2.26. The predicted octanol–water partition coefficient (Wildman–Crippen LogP) is 2.26. The molecule has 0 aliphatic carbocycles. The van der Waals surface area contributed by atoms with Gasteiger partial charge >= 0.3 is 23.5 Å². The van der Waals surface area contributed by atoms with Crippen LogP contribution in [0.4, 0.5) is 0 Å². The van der Waals surface area contributed by atoms with Gasteiger partial charge in [-0.15, -0.1) is 0 Å². The first-order valence-corrected chi connectivity index (χ1v) is 13.3.